The van der Waals surface area contributed by atoms with E-state index in [4.69, 9.17) is 22.4 Å². The van der Waals surface area contributed by atoms with Gasteiger partial charge in [-0.3, -0.25) is 4.79 Å². The van der Waals surface area contributed by atoms with E-state index in [1.54, 1.807) is 26.1 Å². The van der Waals surface area contributed by atoms with E-state index >= 15 is 0 Å². The van der Waals surface area contributed by atoms with E-state index in [9.17, 15) is 4.79 Å². The number of likely N-dealkylation sites (N-methyl/N-ethyl adjacent to an activating group) is 1. The molecule has 1 amide bonds. The Morgan fingerprint density at radius 3 is 2.79 bits per heavy atom. The number of furan rings is 1. The van der Waals surface area contributed by atoms with Crippen LogP contribution in [0, 0.1) is 0 Å². The third kappa shape index (κ3) is 2.11. The summed E-state index contributed by atoms with van der Waals surface area (Å²) in [7, 11) is 1.63. The largest absolute Gasteiger partial charge is 0.459 e. The Morgan fingerprint density at radius 2 is 2.36 bits per heavy atom. The Hall–Kier alpha value is -1.36. The van der Waals surface area contributed by atoms with Gasteiger partial charge in [0.1, 0.15) is 0 Å². The summed E-state index contributed by atoms with van der Waals surface area (Å²) in [5, 5.41) is 0. The lowest BCUT2D eigenvalue weighted by atomic mass is 10.3. The second-order valence-electron chi connectivity index (χ2n) is 2.97. The van der Waals surface area contributed by atoms with E-state index in [0.29, 0.717) is 0 Å². The first kappa shape index (κ1) is 10.7. The summed E-state index contributed by atoms with van der Waals surface area (Å²) >= 11 is 4.80. The van der Waals surface area contributed by atoms with Crippen LogP contribution in [-0.4, -0.2) is 28.9 Å². The van der Waals surface area contributed by atoms with Crippen LogP contribution in [0.1, 0.15) is 17.5 Å². The maximum absolute atomic E-state index is 11.7. The van der Waals surface area contributed by atoms with E-state index in [0.717, 1.165) is 0 Å². The van der Waals surface area contributed by atoms with Crippen LogP contribution in [0.3, 0.4) is 0 Å². The molecular formula is C9H12N2O2S. The van der Waals surface area contributed by atoms with Crippen molar-refractivity contribution in [2.24, 2.45) is 5.73 Å². The minimum absolute atomic E-state index is 0.227. The van der Waals surface area contributed by atoms with Crippen LogP contribution in [0.15, 0.2) is 22.8 Å². The van der Waals surface area contributed by atoms with Gasteiger partial charge in [0.15, 0.2) is 5.76 Å². The van der Waals surface area contributed by atoms with Crippen molar-refractivity contribution >= 4 is 23.1 Å². The molecule has 1 unspecified atom stereocenters. The lowest BCUT2D eigenvalue weighted by molar-refractivity contribution is 0.0747. The van der Waals surface area contributed by atoms with Gasteiger partial charge in [0, 0.05) is 7.05 Å². The van der Waals surface area contributed by atoms with Crippen LogP contribution in [0.25, 0.3) is 0 Å². The highest BCUT2D eigenvalue weighted by Gasteiger charge is 2.20. The van der Waals surface area contributed by atoms with Gasteiger partial charge >= 0.3 is 0 Å². The van der Waals surface area contributed by atoms with Gasteiger partial charge in [-0.2, -0.15) is 0 Å². The first-order chi connectivity index (χ1) is 6.54. The number of thiocarbonyl (C=S) groups is 1. The number of rotatable bonds is 3. The number of amides is 1. The Balaban J connectivity index is 2.76. The molecule has 1 heterocycles. The lowest BCUT2D eigenvalue weighted by Crippen LogP contribution is -2.42. The summed E-state index contributed by atoms with van der Waals surface area (Å²) in [6.45, 7) is 1.77. The average Bonchev–Trinajstić information content (AvgIpc) is 2.67. The van der Waals surface area contributed by atoms with Crippen LogP contribution in [0.2, 0.25) is 0 Å². The molecule has 0 fully saturated rings. The molecule has 0 saturated carbocycles. The fourth-order valence-corrected chi connectivity index (χ4v) is 1.10. The molecule has 0 bridgehead atoms. The molecule has 1 atom stereocenters. The fourth-order valence-electron chi connectivity index (χ4n) is 0.941. The molecule has 4 nitrogen and oxygen atoms in total. The van der Waals surface area contributed by atoms with E-state index < -0.39 is 0 Å². The molecule has 1 aromatic rings. The Labute approximate surface area is 87.7 Å². The van der Waals surface area contributed by atoms with Crippen LogP contribution >= 0.6 is 12.2 Å². The van der Waals surface area contributed by atoms with Crippen LogP contribution < -0.4 is 5.73 Å². The number of hydrogen-bond donors (Lipinski definition) is 1. The SMILES string of the molecule is CC(C(N)=S)N(C)C(=O)c1ccco1. The highest BCUT2D eigenvalue weighted by atomic mass is 32.1. The first-order valence-corrected chi connectivity index (χ1v) is 4.55. The van der Waals surface area contributed by atoms with Gasteiger partial charge in [-0.15, -0.1) is 0 Å². The zero-order valence-electron chi connectivity index (χ0n) is 8.06. The first-order valence-electron chi connectivity index (χ1n) is 4.14. The molecule has 5 heteroatoms. The Morgan fingerprint density at radius 1 is 1.71 bits per heavy atom. The minimum atomic E-state index is -0.275. The van der Waals surface area contributed by atoms with Crippen LogP contribution in [0.4, 0.5) is 0 Å². The summed E-state index contributed by atoms with van der Waals surface area (Å²) in [5.41, 5.74) is 5.44. The molecular weight excluding hydrogens is 200 g/mol. The van der Waals surface area contributed by atoms with E-state index in [2.05, 4.69) is 0 Å². The van der Waals surface area contributed by atoms with Gasteiger partial charge in [0.2, 0.25) is 0 Å². The Kier molecular flexibility index (Phi) is 3.24. The normalized spacial score (nSPS) is 12.1. The minimum Gasteiger partial charge on any atom is -0.459 e. The number of nitrogens with zero attached hydrogens (tertiary/aromatic N) is 1. The maximum atomic E-state index is 11.7. The van der Waals surface area contributed by atoms with Crippen molar-refractivity contribution in [2.75, 3.05) is 7.05 Å². The molecule has 0 spiro atoms. The van der Waals surface area contributed by atoms with Gasteiger partial charge in [-0.1, -0.05) is 12.2 Å². The number of carbonyl (C=O) groups excluding carboxylic acids is 1. The molecule has 0 aromatic carbocycles. The summed E-state index contributed by atoms with van der Waals surface area (Å²) in [4.78, 5) is 13.4. The molecule has 1 rings (SSSR count). The molecule has 1 aromatic heterocycles. The van der Waals surface area contributed by atoms with Gasteiger partial charge in [0.05, 0.1) is 17.3 Å². The fraction of sp³-hybridized carbons (Fsp3) is 0.333. The third-order valence-electron chi connectivity index (χ3n) is 2.05. The summed E-state index contributed by atoms with van der Waals surface area (Å²) < 4.78 is 4.97. The van der Waals surface area contributed by atoms with Crippen molar-refractivity contribution < 1.29 is 9.21 Å². The van der Waals surface area contributed by atoms with E-state index in [1.807, 2.05) is 0 Å². The molecule has 0 aliphatic rings. The van der Waals surface area contributed by atoms with Crippen LogP contribution in [0.5, 0.6) is 0 Å². The van der Waals surface area contributed by atoms with E-state index in [-0.39, 0.29) is 22.7 Å². The highest BCUT2D eigenvalue weighted by Crippen LogP contribution is 2.07. The summed E-state index contributed by atoms with van der Waals surface area (Å²) in [6.07, 6.45) is 1.45. The smallest absolute Gasteiger partial charge is 0.289 e. The molecule has 14 heavy (non-hydrogen) atoms. The molecule has 2 N–H and O–H groups in total. The van der Waals surface area contributed by atoms with Gasteiger partial charge in [-0.25, -0.2) is 0 Å². The van der Waals surface area contributed by atoms with Gasteiger partial charge in [-0.05, 0) is 19.1 Å². The topological polar surface area (TPSA) is 59.5 Å². The number of carbonyl (C=O) groups is 1. The zero-order valence-corrected chi connectivity index (χ0v) is 8.88. The van der Waals surface area contributed by atoms with Crippen LogP contribution in [-0.2, 0) is 0 Å². The molecule has 0 saturated heterocycles. The predicted octanol–water partition coefficient (Wildman–Crippen LogP) is 1.03. The number of hydrogen-bond acceptors (Lipinski definition) is 3. The van der Waals surface area contributed by atoms with Gasteiger partial charge in [0.25, 0.3) is 5.91 Å². The number of nitrogens with two attached hydrogens (primary N) is 1. The van der Waals surface area contributed by atoms with Crippen molar-refractivity contribution in [1.29, 1.82) is 0 Å². The van der Waals surface area contributed by atoms with Crippen molar-refractivity contribution in [3.8, 4) is 0 Å². The third-order valence-corrected chi connectivity index (χ3v) is 2.39. The van der Waals surface area contributed by atoms with Crippen molar-refractivity contribution in [3.63, 3.8) is 0 Å². The second kappa shape index (κ2) is 4.23. The zero-order chi connectivity index (χ0) is 10.7. The summed E-state index contributed by atoms with van der Waals surface area (Å²) in [5.74, 6) is 0.0610. The molecule has 76 valence electrons. The quantitative estimate of drug-likeness (QED) is 0.760. The predicted molar refractivity (Wildman–Crippen MR) is 57.0 cm³/mol. The molecule has 0 radical (unpaired) electrons. The van der Waals surface area contributed by atoms with Crippen molar-refractivity contribution in [3.05, 3.63) is 24.2 Å². The van der Waals surface area contributed by atoms with E-state index in [1.165, 1.54) is 11.2 Å². The second-order valence-corrected chi connectivity index (χ2v) is 3.44. The maximum Gasteiger partial charge on any atom is 0.289 e. The molecule has 0 aliphatic heterocycles. The van der Waals surface area contributed by atoms with Crippen molar-refractivity contribution in [1.82, 2.24) is 4.90 Å². The molecule has 0 aliphatic carbocycles. The lowest BCUT2D eigenvalue weighted by Gasteiger charge is -2.22. The Bertz CT molecular complexity index is 335. The van der Waals surface area contributed by atoms with Gasteiger partial charge < -0.3 is 15.1 Å². The average molecular weight is 212 g/mol. The monoisotopic (exact) mass is 212 g/mol. The van der Waals surface area contributed by atoms with Crippen molar-refractivity contribution in [2.45, 2.75) is 13.0 Å². The standard InChI is InChI=1S/C9H12N2O2S/c1-6(8(10)14)11(2)9(12)7-4-3-5-13-7/h3-6H,1-2H3,(H2,10,14). The summed E-state index contributed by atoms with van der Waals surface area (Å²) in [6, 6.07) is 2.99. The highest BCUT2D eigenvalue weighted by molar-refractivity contribution is 7.80.